The molecule has 2 N–H and O–H groups in total. The van der Waals surface area contributed by atoms with Crippen LogP contribution in [0.3, 0.4) is 0 Å². The quantitative estimate of drug-likeness (QED) is 0.861. The first kappa shape index (κ1) is 14.5. The summed E-state index contributed by atoms with van der Waals surface area (Å²) in [7, 11) is 0. The molecule has 1 amide bonds. The van der Waals surface area contributed by atoms with Gasteiger partial charge in [-0.15, -0.1) is 0 Å². The third-order valence-corrected chi connectivity index (χ3v) is 4.43. The van der Waals surface area contributed by atoms with Crippen molar-refractivity contribution in [3.63, 3.8) is 0 Å². The SMILES string of the molecule is NCC1CCCCN1C(=O)CCCc1nc(C2CC2)no1. The molecule has 0 bridgehead atoms. The van der Waals surface area contributed by atoms with Crippen LogP contribution >= 0.6 is 0 Å². The van der Waals surface area contributed by atoms with E-state index in [9.17, 15) is 4.79 Å². The summed E-state index contributed by atoms with van der Waals surface area (Å²) < 4.78 is 5.23. The lowest BCUT2D eigenvalue weighted by atomic mass is 10.0. The average Bonchev–Trinajstić information content (AvgIpc) is 3.27. The van der Waals surface area contributed by atoms with Crippen molar-refractivity contribution in [3.8, 4) is 0 Å². The van der Waals surface area contributed by atoms with E-state index in [4.69, 9.17) is 10.3 Å². The molecule has 1 aromatic rings. The molecule has 1 atom stereocenters. The highest BCUT2D eigenvalue weighted by Crippen LogP contribution is 2.38. The van der Waals surface area contributed by atoms with Crippen molar-refractivity contribution in [1.29, 1.82) is 0 Å². The Balaban J connectivity index is 1.44. The number of piperidine rings is 1. The van der Waals surface area contributed by atoms with Gasteiger partial charge >= 0.3 is 0 Å². The highest BCUT2D eigenvalue weighted by molar-refractivity contribution is 5.76. The first-order valence-electron chi connectivity index (χ1n) is 8.10. The highest BCUT2D eigenvalue weighted by atomic mass is 16.5. The van der Waals surface area contributed by atoms with Crippen molar-refractivity contribution < 1.29 is 9.32 Å². The molecule has 1 aliphatic carbocycles. The second-order valence-corrected chi connectivity index (χ2v) is 6.15. The molecule has 1 saturated heterocycles. The Hall–Kier alpha value is -1.43. The van der Waals surface area contributed by atoms with Crippen LogP contribution in [0.25, 0.3) is 0 Å². The summed E-state index contributed by atoms with van der Waals surface area (Å²) in [6.45, 7) is 1.42. The van der Waals surface area contributed by atoms with Gasteiger partial charge in [0.25, 0.3) is 0 Å². The zero-order valence-corrected chi connectivity index (χ0v) is 12.5. The van der Waals surface area contributed by atoms with Gasteiger partial charge in [-0.2, -0.15) is 4.98 Å². The first-order valence-corrected chi connectivity index (χ1v) is 8.10. The van der Waals surface area contributed by atoms with Crippen molar-refractivity contribution in [1.82, 2.24) is 15.0 Å². The second-order valence-electron chi connectivity index (χ2n) is 6.15. The van der Waals surface area contributed by atoms with Crippen molar-refractivity contribution >= 4 is 5.91 Å². The summed E-state index contributed by atoms with van der Waals surface area (Å²) in [5.74, 6) is 2.24. The maximum absolute atomic E-state index is 12.3. The maximum atomic E-state index is 12.3. The van der Waals surface area contributed by atoms with Gasteiger partial charge in [-0.3, -0.25) is 4.79 Å². The Morgan fingerprint density at radius 2 is 2.19 bits per heavy atom. The molecule has 2 fully saturated rings. The van der Waals surface area contributed by atoms with Crippen LogP contribution in [0.2, 0.25) is 0 Å². The van der Waals surface area contributed by atoms with E-state index >= 15 is 0 Å². The van der Waals surface area contributed by atoms with E-state index in [0.29, 0.717) is 31.2 Å². The molecule has 2 aliphatic rings. The van der Waals surface area contributed by atoms with Gasteiger partial charge in [0.15, 0.2) is 5.82 Å². The number of aromatic nitrogens is 2. The Kier molecular flexibility index (Phi) is 4.53. The van der Waals surface area contributed by atoms with Gasteiger partial charge in [-0.1, -0.05) is 5.16 Å². The summed E-state index contributed by atoms with van der Waals surface area (Å²) in [5, 5.41) is 3.99. The van der Waals surface area contributed by atoms with E-state index in [1.54, 1.807) is 0 Å². The minimum absolute atomic E-state index is 0.215. The second kappa shape index (κ2) is 6.56. The van der Waals surface area contributed by atoms with E-state index in [0.717, 1.165) is 31.6 Å². The molecule has 0 radical (unpaired) electrons. The maximum Gasteiger partial charge on any atom is 0.226 e. The lowest BCUT2D eigenvalue weighted by molar-refractivity contribution is -0.134. The largest absolute Gasteiger partial charge is 0.339 e. The lowest BCUT2D eigenvalue weighted by Gasteiger charge is -2.35. The van der Waals surface area contributed by atoms with Crippen molar-refractivity contribution in [2.45, 2.75) is 63.3 Å². The average molecular weight is 292 g/mol. The van der Waals surface area contributed by atoms with E-state index in [2.05, 4.69) is 10.1 Å². The van der Waals surface area contributed by atoms with Crippen molar-refractivity contribution in [2.24, 2.45) is 5.73 Å². The van der Waals surface area contributed by atoms with Crippen LogP contribution in [0.4, 0.5) is 0 Å². The van der Waals surface area contributed by atoms with Crippen LogP contribution in [-0.2, 0) is 11.2 Å². The van der Waals surface area contributed by atoms with E-state index < -0.39 is 0 Å². The molecule has 1 aliphatic heterocycles. The summed E-state index contributed by atoms with van der Waals surface area (Å²) in [6, 6.07) is 0.233. The van der Waals surface area contributed by atoms with Gasteiger partial charge in [-0.25, -0.2) is 0 Å². The molecular formula is C15H24N4O2. The Bertz CT molecular complexity index is 484. The third-order valence-electron chi connectivity index (χ3n) is 4.43. The summed E-state index contributed by atoms with van der Waals surface area (Å²) >= 11 is 0. The summed E-state index contributed by atoms with van der Waals surface area (Å²) in [6.07, 6.45) is 7.65. The predicted molar refractivity (Wildman–Crippen MR) is 77.6 cm³/mol. The van der Waals surface area contributed by atoms with Crippen molar-refractivity contribution in [3.05, 3.63) is 11.7 Å². The van der Waals surface area contributed by atoms with Gasteiger partial charge in [0, 0.05) is 37.9 Å². The molecule has 3 rings (SSSR count). The highest BCUT2D eigenvalue weighted by Gasteiger charge is 2.29. The Labute approximate surface area is 125 Å². The third kappa shape index (κ3) is 3.61. The number of likely N-dealkylation sites (tertiary alicyclic amines) is 1. The summed E-state index contributed by atoms with van der Waals surface area (Å²) in [5.41, 5.74) is 5.76. The van der Waals surface area contributed by atoms with Gasteiger partial charge < -0.3 is 15.2 Å². The molecule has 116 valence electrons. The minimum atomic E-state index is 0.215. The summed E-state index contributed by atoms with van der Waals surface area (Å²) in [4.78, 5) is 18.6. The van der Waals surface area contributed by atoms with Crippen LogP contribution in [0.5, 0.6) is 0 Å². The molecule has 21 heavy (non-hydrogen) atoms. The molecule has 6 heteroatoms. The molecule has 6 nitrogen and oxygen atoms in total. The Morgan fingerprint density at radius 1 is 1.33 bits per heavy atom. The molecule has 1 saturated carbocycles. The normalized spacial score (nSPS) is 22.5. The standard InChI is InChI=1S/C15H24N4O2/c16-10-12-4-1-2-9-19(12)14(20)6-3-5-13-17-15(18-21-13)11-7-8-11/h11-12H,1-10,16H2. The number of amides is 1. The van der Waals surface area contributed by atoms with E-state index in [-0.39, 0.29) is 11.9 Å². The number of aryl methyl sites for hydroxylation is 1. The van der Waals surface area contributed by atoms with E-state index in [1.165, 1.54) is 19.3 Å². The number of nitrogens with two attached hydrogens (primary N) is 1. The van der Waals surface area contributed by atoms with Crippen LogP contribution in [0.1, 0.15) is 62.6 Å². The number of hydrogen-bond acceptors (Lipinski definition) is 5. The lowest BCUT2D eigenvalue weighted by Crippen LogP contribution is -2.47. The molecule has 0 spiro atoms. The minimum Gasteiger partial charge on any atom is -0.339 e. The first-order chi connectivity index (χ1) is 10.3. The Morgan fingerprint density at radius 3 is 2.95 bits per heavy atom. The molecular weight excluding hydrogens is 268 g/mol. The van der Waals surface area contributed by atoms with Gasteiger partial charge in [-0.05, 0) is 38.5 Å². The van der Waals surface area contributed by atoms with Crippen LogP contribution < -0.4 is 5.73 Å². The fraction of sp³-hybridized carbons (Fsp3) is 0.800. The fourth-order valence-electron chi connectivity index (χ4n) is 2.99. The molecule has 1 aromatic heterocycles. The molecule has 1 unspecified atom stereocenters. The number of carbonyl (C=O) groups excluding carboxylic acids is 1. The van der Waals surface area contributed by atoms with E-state index in [1.807, 2.05) is 4.90 Å². The smallest absolute Gasteiger partial charge is 0.226 e. The van der Waals surface area contributed by atoms with Gasteiger partial charge in [0.1, 0.15) is 0 Å². The van der Waals surface area contributed by atoms with Crippen LogP contribution in [0.15, 0.2) is 4.52 Å². The number of carbonyl (C=O) groups is 1. The predicted octanol–water partition coefficient (Wildman–Crippen LogP) is 1.61. The number of nitrogens with zero attached hydrogens (tertiary/aromatic N) is 3. The zero-order valence-electron chi connectivity index (χ0n) is 12.5. The topological polar surface area (TPSA) is 85.2 Å². The van der Waals surface area contributed by atoms with Crippen LogP contribution in [0, 0.1) is 0 Å². The molecule has 0 aromatic carbocycles. The van der Waals surface area contributed by atoms with Crippen molar-refractivity contribution in [2.75, 3.05) is 13.1 Å². The molecule has 2 heterocycles. The van der Waals surface area contributed by atoms with Crippen LogP contribution in [-0.4, -0.2) is 40.1 Å². The van der Waals surface area contributed by atoms with Gasteiger partial charge in [0.05, 0.1) is 0 Å². The number of rotatable bonds is 6. The zero-order chi connectivity index (χ0) is 14.7. The fourth-order valence-corrected chi connectivity index (χ4v) is 2.99. The number of hydrogen-bond donors (Lipinski definition) is 1. The monoisotopic (exact) mass is 292 g/mol. The van der Waals surface area contributed by atoms with Gasteiger partial charge in [0.2, 0.25) is 11.8 Å².